The summed E-state index contributed by atoms with van der Waals surface area (Å²) < 4.78 is 7.74. The van der Waals surface area contributed by atoms with Gasteiger partial charge in [0.05, 0.1) is 19.8 Å². The smallest absolute Gasteiger partial charge is 0.328 e. The van der Waals surface area contributed by atoms with Gasteiger partial charge in [-0.3, -0.25) is 4.90 Å². The van der Waals surface area contributed by atoms with Gasteiger partial charge in [-0.15, -0.1) is 6.58 Å². The van der Waals surface area contributed by atoms with E-state index in [1.807, 2.05) is 18.3 Å². The van der Waals surface area contributed by atoms with Crippen molar-refractivity contribution in [3.05, 3.63) is 61.1 Å². The predicted molar refractivity (Wildman–Crippen MR) is 140 cm³/mol. The van der Waals surface area contributed by atoms with Gasteiger partial charge >= 0.3 is 23.9 Å². The minimum absolute atomic E-state index is 0.558. The molecule has 39 heavy (non-hydrogen) atoms. The standard InChI is InChI=1S/C17H25N5O.2C4H4O4/c1-3-12-23-13-11-22-16(14-21-9-7-20(2)8-10-21)19-15-5-4-6-18-17(15)22;2*5-3(6)1-2-4(7)8/h3-6H,1,7-14H2,2H3;2*1-2H,(H,5,6)(H,7,8). The maximum absolute atomic E-state index is 9.55. The first-order valence-electron chi connectivity index (χ1n) is 11.7. The quantitative estimate of drug-likeness (QED) is 0.175. The number of carboxylic acid groups (broad SMARTS) is 4. The molecule has 2 aromatic rings. The molecule has 0 unspecified atom stereocenters. The topological polar surface area (TPSA) is 196 Å². The highest BCUT2D eigenvalue weighted by Crippen LogP contribution is 2.16. The van der Waals surface area contributed by atoms with Crippen LogP contribution < -0.4 is 0 Å². The molecule has 0 atom stereocenters. The maximum atomic E-state index is 9.55. The summed E-state index contributed by atoms with van der Waals surface area (Å²) in [6, 6.07) is 3.96. The van der Waals surface area contributed by atoms with Gasteiger partial charge in [0.25, 0.3) is 0 Å². The molecule has 2 aromatic heterocycles. The molecule has 1 aliphatic heterocycles. The minimum Gasteiger partial charge on any atom is -0.478 e. The number of carboxylic acids is 4. The van der Waals surface area contributed by atoms with Crippen molar-refractivity contribution in [3.8, 4) is 0 Å². The molecule has 0 aliphatic carbocycles. The molecule has 0 radical (unpaired) electrons. The summed E-state index contributed by atoms with van der Waals surface area (Å²) >= 11 is 0. The zero-order valence-corrected chi connectivity index (χ0v) is 21.5. The lowest BCUT2D eigenvalue weighted by atomic mass is 10.3. The third kappa shape index (κ3) is 14.2. The van der Waals surface area contributed by atoms with Crippen molar-refractivity contribution in [2.45, 2.75) is 13.1 Å². The van der Waals surface area contributed by atoms with Crippen LogP contribution in [0.5, 0.6) is 0 Å². The van der Waals surface area contributed by atoms with Crippen LogP contribution in [0.25, 0.3) is 11.2 Å². The van der Waals surface area contributed by atoms with Crippen LogP contribution in [0, 0.1) is 0 Å². The molecule has 1 saturated heterocycles. The summed E-state index contributed by atoms with van der Waals surface area (Å²) in [4.78, 5) is 52.3. The first kappa shape index (κ1) is 32.6. The van der Waals surface area contributed by atoms with E-state index >= 15 is 0 Å². The average molecular weight is 548 g/mol. The molecule has 0 bridgehead atoms. The first-order chi connectivity index (χ1) is 18.5. The number of aromatic nitrogens is 3. The Morgan fingerprint density at radius 2 is 1.49 bits per heavy atom. The summed E-state index contributed by atoms with van der Waals surface area (Å²) in [5.74, 6) is -3.95. The first-order valence-corrected chi connectivity index (χ1v) is 11.7. The molecule has 14 nitrogen and oxygen atoms in total. The van der Waals surface area contributed by atoms with E-state index in [0.717, 1.165) is 56.3 Å². The van der Waals surface area contributed by atoms with Crippen LogP contribution in [-0.4, -0.2) is 115 Å². The van der Waals surface area contributed by atoms with E-state index in [0.29, 0.717) is 37.5 Å². The molecule has 3 rings (SSSR count). The Morgan fingerprint density at radius 3 is 1.97 bits per heavy atom. The van der Waals surface area contributed by atoms with Gasteiger partial charge in [0.2, 0.25) is 0 Å². The van der Waals surface area contributed by atoms with Crippen molar-refractivity contribution in [1.82, 2.24) is 24.3 Å². The molecule has 0 amide bonds. The molecule has 1 fully saturated rings. The van der Waals surface area contributed by atoms with Crippen LogP contribution in [0.2, 0.25) is 0 Å². The van der Waals surface area contributed by atoms with Crippen LogP contribution in [0.15, 0.2) is 55.3 Å². The Morgan fingerprint density at radius 1 is 0.949 bits per heavy atom. The second-order valence-corrected chi connectivity index (χ2v) is 7.99. The second-order valence-electron chi connectivity index (χ2n) is 7.99. The Balaban J connectivity index is 0.000000393. The number of imidazole rings is 1. The monoisotopic (exact) mass is 547 g/mol. The fourth-order valence-electron chi connectivity index (χ4n) is 3.17. The van der Waals surface area contributed by atoms with Crippen molar-refractivity contribution < 1.29 is 44.3 Å². The molecular weight excluding hydrogens is 514 g/mol. The Bertz CT molecular complexity index is 1100. The molecule has 3 heterocycles. The lowest BCUT2D eigenvalue weighted by molar-refractivity contribution is -0.134. The molecule has 14 heteroatoms. The van der Waals surface area contributed by atoms with Gasteiger partial charge in [0.15, 0.2) is 5.65 Å². The molecule has 4 N–H and O–H groups in total. The van der Waals surface area contributed by atoms with E-state index in [1.54, 1.807) is 6.08 Å². The normalized spacial score (nSPS) is 13.9. The minimum atomic E-state index is -1.26. The number of aliphatic carboxylic acids is 4. The third-order valence-electron chi connectivity index (χ3n) is 4.98. The summed E-state index contributed by atoms with van der Waals surface area (Å²) in [6.45, 7) is 10.9. The summed E-state index contributed by atoms with van der Waals surface area (Å²) in [6.07, 6.45) is 5.83. The molecule has 0 spiro atoms. The summed E-state index contributed by atoms with van der Waals surface area (Å²) in [7, 11) is 2.17. The van der Waals surface area contributed by atoms with Crippen LogP contribution >= 0.6 is 0 Å². The van der Waals surface area contributed by atoms with Crippen LogP contribution in [0.3, 0.4) is 0 Å². The van der Waals surface area contributed by atoms with E-state index in [4.69, 9.17) is 30.1 Å². The number of piperazine rings is 1. The number of rotatable bonds is 11. The van der Waals surface area contributed by atoms with Crippen LogP contribution in [0.1, 0.15) is 5.82 Å². The zero-order chi connectivity index (χ0) is 29.2. The lowest BCUT2D eigenvalue weighted by Crippen LogP contribution is -2.44. The number of carbonyl (C=O) groups is 4. The van der Waals surface area contributed by atoms with E-state index in [9.17, 15) is 19.2 Å². The highest BCUT2D eigenvalue weighted by atomic mass is 16.5. The van der Waals surface area contributed by atoms with Gasteiger partial charge < -0.3 is 34.6 Å². The van der Waals surface area contributed by atoms with Gasteiger partial charge in [-0.05, 0) is 19.2 Å². The van der Waals surface area contributed by atoms with Crippen LogP contribution in [0.4, 0.5) is 0 Å². The fourth-order valence-corrected chi connectivity index (χ4v) is 3.17. The molecule has 1 aliphatic rings. The van der Waals surface area contributed by atoms with Crippen molar-refractivity contribution in [1.29, 1.82) is 0 Å². The number of hydrogen-bond acceptors (Lipinski definition) is 9. The largest absolute Gasteiger partial charge is 0.478 e. The Hall–Kier alpha value is -4.40. The summed E-state index contributed by atoms with van der Waals surface area (Å²) in [5.41, 5.74) is 1.90. The molecule has 212 valence electrons. The SMILES string of the molecule is C=CCOCCn1c(CN2CCN(C)CC2)nc2cccnc21.O=C(O)C=CC(=O)O.O=C(O)C=CC(=O)O. The maximum Gasteiger partial charge on any atom is 0.328 e. The molecule has 0 saturated carbocycles. The number of ether oxygens (including phenoxy) is 1. The molecular formula is C25H33N5O9. The number of nitrogens with zero attached hydrogens (tertiary/aromatic N) is 5. The van der Waals surface area contributed by atoms with Gasteiger partial charge in [0.1, 0.15) is 11.3 Å². The average Bonchev–Trinajstić information content (AvgIpc) is 3.23. The summed E-state index contributed by atoms with van der Waals surface area (Å²) in [5, 5.41) is 31.2. The van der Waals surface area contributed by atoms with Gasteiger partial charge in [-0.2, -0.15) is 0 Å². The number of pyridine rings is 1. The van der Waals surface area contributed by atoms with E-state index in [-0.39, 0.29) is 0 Å². The van der Waals surface area contributed by atoms with Crippen molar-refractivity contribution in [2.75, 3.05) is 46.4 Å². The second kappa shape index (κ2) is 18.0. The fraction of sp³-hybridized carbons (Fsp3) is 0.360. The highest BCUT2D eigenvalue weighted by molar-refractivity contribution is 5.90. The lowest BCUT2D eigenvalue weighted by Gasteiger charge is -2.32. The predicted octanol–water partition coefficient (Wildman–Crippen LogP) is 0.805. The molecule has 0 aromatic carbocycles. The van der Waals surface area contributed by atoms with E-state index in [2.05, 4.69) is 33.0 Å². The van der Waals surface area contributed by atoms with Gasteiger partial charge in [-0.25, -0.2) is 29.1 Å². The number of likely N-dealkylation sites (N-methyl/N-ethyl adjacent to an activating group) is 1. The van der Waals surface area contributed by atoms with Gasteiger partial charge in [-0.1, -0.05) is 6.08 Å². The van der Waals surface area contributed by atoms with Crippen molar-refractivity contribution in [2.24, 2.45) is 0 Å². The Labute approximate surface area is 224 Å². The van der Waals surface area contributed by atoms with E-state index < -0.39 is 23.9 Å². The number of fused-ring (bicyclic) bond motifs is 1. The Kier molecular flexibility index (Phi) is 15.0. The van der Waals surface area contributed by atoms with E-state index in [1.165, 1.54) is 0 Å². The zero-order valence-electron chi connectivity index (χ0n) is 21.5. The van der Waals surface area contributed by atoms with Crippen molar-refractivity contribution >= 4 is 35.0 Å². The van der Waals surface area contributed by atoms with Crippen LogP contribution in [-0.2, 0) is 37.0 Å². The highest BCUT2D eigenvalue weighted by Gasteiger charge is 2.18. The van der Waals surface area contributed by atoms with Gasteiger partial charge in [0, 0.05) is 63.2 Å². The third-order valence-corrected chi connectivity index (χ3v) is 4.98. The number of hydrogen-bond donors (Lipinski definition) is 4. The van der Waals surface area contributed by atoms with Crippen molar-refractivity contribution in [3.63, 3.8) is 0 Å².